The molecule has 0 saturated carbocycles. The summed E-state index contributed by atoms with van der Waals surface area (Å²) in [5.74, 6) is 0.770. The molecule has 0 aromatic carbocycles. The normalized spacial score (nSPS) is 12.1. The van der Waals surface area contributed by atoms with Gasteiger partial charge in [-0.1, -0.05) is 38.8 Å². The second kappa shape index (κ2) is 6.86. The Labute approximate surface area is 90.1 Å². The highest BCUT2D eigenvalue weighted by atomic mass is 14.1. The van der Waals surface area contributed by atoms with E-state index in [-0.39, 0.29) is 0 Å². The average Bonchev–Trinajstić information content (AvgIpc) is 2.10. The topological polar surface area (TPSA) is 0 Å². The molecule has 0 saturated heterocycles. The van der Waals surface area contributed by atoms with Crippen LogP contribution in [0.15, 0.2) is 22.8 Å². The van der Waals surface area contributed by atoms with Gasteiger partial charge in [-0.05, 0) is 50.7 Å². The first-order chi connectivity index (χ1) is 6.49. The second-order valence-electron chi connectivity index (χ2n) is 4.73. The summed E-state index contributed by atoms with van der Waals surface area (Å²) in [4.78, 5) is 0. The van der Waals surface area contributed by atoms with E-state index >= 15 is 0 Å². The van der Waals surface area contributed by atoms with Gasteiger partial charge in [0.25, 0.3) is 0 Å². The number of allylic oxidation sites excluding steroid dienone is 4. The third kappa shape index (κ3) is 5.26. The molecule has 0 aliphatic heterocycles. The van der Waals surface area contributed by atoms with Crippen LogP contribution in [0.5, 0.6) is 0 Å². The van der Waals surface area contributed by atoms with E-state index in [0.29, 0.717) is 0 Å². The van der Waals surface area contributed by atoms with Gasteiger partial charge in [0.1, 0.15) is 0 Å². The summed E-state index contributed by atoms with van der Waals surface area (Å²) in [7, 11) is 0. The molecule has 0 spiro atoms. The molecule has 0 radical (unpaired) electrons. The third-order valence-corrected chi connectivity index (χ3v) is 2.59. The molecular formula is C14H26. The summed E-state index contributed by atoms with van der Waals surface area (Å²) in [5.41, 5.74) is 4.50. The van der Waals surface area contributed by atoms with Crippen molar-refractivity contribution < 1.29 is 0 Å². The van der Waals surface area contributed by atoms with Crippen LogP contribution in [0.25, 0.3) is 0 Å². The monoisotopic (exact) mass is 194 g/mol. The van der Waals surface area contributed by atoms with Gasteiger partial charge in [0.05, 0.1) is 0 Å². The third-order valence-electron chi connectivity index (χ3n) is 2.59. The fraction of sp³-hybridized carbons (Fsp3) is 0.714. The lowest BCUT2D eigenvalue weighted by Crippen LogP contribution is -1.91. The Balaban J connectivity index is 4.59. The Bertz CT molecular complexity index is 212. The molecule has 14 heavy (non-hydrogen) atoms. The number of rotatable bonds is 5. The molecule has 0 amide bonds. The van der Waals surface area contributed by atoms with Gasteiger partial charge in [-0.3, -0.25) is 0 Å². The summed E-state index contributed by atoms with van der Waals surface area (Å²) in [5, 5.41) is 0. The van der Waals surface area contributed by atoms with Gasteiger partial charge >= 0.3 is 0 Å². The number of hydrogen-bond acceptors (Lipinski definition) is 0. The molecule has 0 aliphatic rings. The van der Waals surface area contributed by atoms with E-state index in [4.69, 9.17) is 0 Å². The van der Waals surface area contributed by atoms with Crippen molar-refractivity contribution in [3.05, 3.63) is 22.8 Å². The summed E-state index contributed by atoms with van der Waals surface area (Å²) in [6.07, 6.45) is 6.11. The molecule has 0 atom stereocenters. The first-order valence-corrected chi connectivity index (χ1v) is 5.82. The summed E-state index contributed by atoms with van der Waals surface area (Å²) in [6, 6.07) is 0. The molecule has 82 valence electrons. The lowest BCUT2D eigenvalue weighted by molar-refractivity contribution is 0.659. The quantitative estimate of drug-likeness (QED) is 0.533. The molecule has 0 heterocycles. The largest absolute Gasteiger partial charge is 0.0808 e. The first-order valence-electron chi connectivity index (χ1n) is 5.82. The van der Waals surface area contributed by atoms with E-state index < -0.39 is 0 Å². The minimum absolute atomic E-state index is 0.770. The molecule has 0 heteroatoms. The van der Waals surface area contributed by atoms with Crippen LogP contribution in [0.2, 0.25) is 0 Å². The lowest BCUT2D eigenvalue weighted by Gasteiger charge is -2.10. The Kier molecular flexibility index (Phi) is 6.61. The molecule has 0 nitrogen and oxygen atoms in total. The molecule has 0 bridgehead atoms. The minimum atomic E-state index is 0.770. The fourth-order valence-electron chi connectivity index (χ4n) is 1.41. The smallest absolute Gasteiger partial charge is 0.0282 e. The van der Waals surface area contributed by atoms with Crippen LogP contribution in [0, 0.1) is 5.92 Å². The van der Waals surface area contributed by atoms with Crippen LogP contribution in [-0.4, -0.2) is 0 Å². The van der Waals surface area contributed by atoms with Crippen molar-refractivity contribution in [2.45, 2.75) is 60.8 Å². The van der Waals surface area contributed by atoms with Gasteiger partial charge in [0, 0.05) is 0 Å². The minimum Gasteiger partial charge on any atom is -0.0808 e. The molecule has 0 unspecified atom stereocenters. The molecule has 0 rings (SSSR count). The van der Waals surface area contributed by atoms with Gasteiger partial charge in [-0.2, -0.15) is 0 Å². The zero-order valence-corrected chi connectivity index (χ0v) is 10.8. The molecule has 0 aromatic heterocycles. The Morgan fingerprint density at radius 2 is 1.71 bits per heavy atom. The molecule has 0 aromatic rings. The second-order valence-corrected chi connectivity index (χ2v) is 4.73. The number of hydrogen-bond donors (Lipinski definition) is 0. The van der Waals surface area contributed by atoms with E-state index in [1.807, 2.05) is 0 Å². The van der Waals surface area contributed by atoms with Crippen LogP contribution in [0.3, 0.4) is 0 Å². The Morgan fingerprint density at radius 1 is 1.14 bits per heavy atom. The Morgan fingerprint density at radius 3 is 2.07 bits per heavy atom. The maximum atomic E-state index is 2.43. The predicted molar refractivity (Wildman–Crippen MR) is 66.5 cm³/mol. The van der Waals surface area contributed by atoms with Crippen molar-refractivity contribution in [3.8, 4) is 0 Å². The first kappa shape index (κ1) is 13.5. The lowest BCUT2D eigenvalue weighted by atomic mass is 9.96. The predicted octanol–water partition coefficient (Wildman–Crippen LogP) is 5.12. The Hall–Kier alpha value is -0.520. The highest BCUT2D eigenvalue weighted by molar-refractivity contribution is 5.32. The molecule has 0 N–H and O–H groups in total. The SMILES string of the molecule is CCCC(=CCC(C)C)C(C)=C(C)C. The van der Waals surface area contributed by atoms with Gasteiger partial charge in [0.2, 0.25) is 0 Å². The van der Waals surface area contributed by atoms with Crippen LogP contribution in [-0.2, 0) is 0 Å². The zero-order chi connectivity index (χ0) is 11.1. The average molecular weight is 194 g/mol. The molecule has 0 aliphatic carbocycles. The molecular weight excluding hydrogens is 168 g/mol. The van der Waals surface area contributed by atoms with Crippen molar-refractivity contribution >= 4 is 0 Å². The summed E-state index contributed by atoms with van der Waals surface area (Å²) < 4.78 is 0. The van der Waals surface area contributed by atoms with E-state index in [9.17, 15) is 0 Å². The summed E-state index contributed by atoms with van der Waals surface area (Å²) >= 11 is 0. The van der Waals surface area contributed by atoms with Crippen molar-refractivity contribution in [1.82, 2.24) is 0 Å². The van der Waals surface area contributed by atoms with Crippen molar-refractivity contribution in [2.24, 2.45) is 5.92 Å². The van der Waals surface area contributed by atoms with Crippen LogP contribution >= 0.6 is 0 Å². The van der Waals surface area contributed by atoms with E-state index in [1.54, 1.807) is 5.57 Å². The highest BCUT2D eigenvalue weighted by Gasteiger charge is 2.01. The van der Waals surface area contributed by atoms with Crippen LogP contribution < -0.4 is 0 Å². The highest BCUT2D eigenvalue weighted by Crippen LogP contribution is 2.20. The van der Waals surface area contributed by atoms with Crippen molar-refractivity contribution in [2.75, 3.05) is 0 Å². The fourth-order valence-corrected chi connectivity index (χ4v) is 1.41. The molecule has 0 fully saturated rings. The van der Waals surface area contributed by atoms with Crippen LogP contribution in [0.1, 0.15) is 60.8 Å². The van der Waals surface area contributed by atoms with E-state index in [2.05, 4.69) is 47.6 Å². The standard InChI is InChI=1S/C14H26/c1-7-8-14(10-9-11(2)3)13(6)12(4)5/h10-11H,7-9H2,1-6H3. The van der Waals surface area contributed by atoms with Gasteiger partial charge in [-0.25, -0.2) is 0 Å². The van der Waals surface area contributed by atoms with Gasteiger partial charge in [-0.15, -0.1) is 0 Å². The van der Waals surface area contributed by atoms with Crippen LogP contribution in [0.4, 0.5) is 0 Å². The van der Waals surface area contributed by atoms with Gasteiger partial charge in [0.15, 0.2) is 0 Å². The van der Waals surface area contributed by atoms with E-state index in [0.717, 1.165) is 5.92 Å². The maximum Gasteiger partial charge on any atom is -0.0282 e. The van der Waals surface area contributed by atoms with Crippen molar-refractivity contribution in [1.29, 1.82) is 0 Å². The summed E-state index contributed by atoms with van der Waals surface area (Å²) in [6.45, 7) is 13.5. The van der Waals surface area contributed by atoms with Gasteiger partial charge < -0.3 is 0 Å². The van der Waals surface area contributed by atoms with E-state index in [1.165, 1.54) is 30.4 Å². The van der Waals surface area contributed by atoms with Crippen molar-refractivity contribution in [3.63, 3.8) is 0 Å². The maximum absolute atomic E-state index is 2.43. The zero-order valence-electron chi connectivity index (χ0n) is 10.8.